The molecule has 4 nitrogen and oxygen atoms in total. The quantitative estimate of drug-likeness (QED) is 0.491. The molecule has 0 saturated heterocycles. The zero-order valence-corrected chi connectivity index (χ0v) is 17.8. The van der Waals surface area contributed by atoms with Gasteiger partial charge < -0.3 is 9.80 Å². The molecule has 0 unspecified atom stereocenters. The van der Waals surface area contributed by atoms with Crippen LogP contribution in [0.1, 0.15) is 36.1 Å². The van der Waals surface area contributed by atoms with Crippen molar-refractivity contribution < 1.29 is 4.79 Å². The number of nitrogens with zero attached hydrogens (tertiary/aromatic N) is 3. The molecule has 2 aromatic carbocycles. The van der Waals surface area contributed by atoms with E-state index in [1.165, 1.54) is 11.1 Å². The number of rotatable bonds is 6. The summed E-state index contributed by atoms with van der Waals surface area (Å²) in [6, 6.07) is 10.0. The van der Waals surface area contributed by atoms with Gasteiger partial charge in [0, 0.05) is 26.2 Å². The highest BCUT2D eigenvalue weighted by atomic mass is 35.5. The van der Waals surface area contributed by atoms with Gasteiger partial charge in [-0.1, -0.05) is 29.8 Å². The molecule has 0 aliphatic heterocycles. The maximum absolute atomic E-state index is 12.3. The van der Waals surface area contributed by atoms with Crippen molar-refractivity contribution in [3.8, 4) is 0 Å². The number of aliphatic imine (C=N–C) groups is 1. The predicted molar refractivity (Wildman–Crippen MR) is 115 cm³/mol. The summed E-state index contributed by atoms with van der Waals surface area (Å²) in [4.78, 5) is 20.5. The highest BCUT2D eigenvalue weighted by Crippen LogP contribution is 2.34. The molecule has 144 valence electrons. The standard InChI is InChI=1S/C22H28ClN3O/c1-7-25(6)14-24-21-11-17(4)22(12-20(21)23)26(18(5)27)13-19-9-8-15(2)16(3)10-19/h8-12,14H,7,13H2,1-6H3. The smallest absolute Gasteiger partial charge is 0.224 e. The van der Waals surface area contributed by atoms with Gasteiger partial charge >= 0.3 is 0 Å². The molecular formula is C22H28ClN3O. The molecule has 0 saturated carbocycles. The highest BCUT2D eigenvalue weighted by molar-refractivity contribution is 6.33. The first kappa shape index (κ1) is 21.0. The van der Waals surface area contributed by atoms with Crippen molar-refractivity contribution >= 4 is 35.2 Å². The van der Waals surface area contributed by atoms with E-state index in [0.717, 1.165) is 23.4 Å². The molecule has 0 aromatic heterocycles. The maximum Gasteiger partial charge on any atom is 0.224 e. The predicted octanol–water partition coefficient (Wildman–Crippen LogP) is 5.43. The van der Waals surface area contributed by atoms with Crippen molar-refractivity contribution in [2.24, 2.45) is 4.99 Å². The van der Waals surface area contributed by atoms with Crippen molar-refractivity contribution in [3.05, 3.63) is 57.6 Å². The molecule has 27 heavy (non-hydrogen) atoms. The minimum absolute atomic E-state index is 0.0191. The Bertz CT molecular complexity index is 861. The van der Waals surface area contributed by atoms with Crippen LogP contribution in [0.2, 0.25) is 5.02 Å². The van der Waals surface area contributed by atoms with E-state index >= 15 is 0 Å². The second-order valence-corrected chi connectivity index (χ2v) is 7.34. The Morgan fingerprint density at radius 3 is 2.41 bits per heavy atom. The topological polar surface area (TPSA) is 35.9 Å². The van der Waals surface area contributed by atoms with Gasteiger partial charge in [0.05, 0.1) is 23.6 Å². The first-order valence-corrected chi connectivity index (χ1v) is 9.49. The molecule has 0 radical (unpaired) electrons. The van der Waals surface area contributed by atoms with E-state index in [4.69, 9.17) is 11.6 Å². The Labute approximate surface area is 167 Å². The number of hydrogen-bond donors (Lipinski definition) is 0. The lowest BCUT2D eigenvalue weighted by molar-refractivity contribution is -0.116. The largest absolute Gasteiger partial charge is 0.366 e. The normalized spacial score (nSPS) is 11.1. The second-order valence-electron chi connectivity index (χ2n) is 6.93. The molecule has 0 spiro atoms. The number of amides is 1. The van der Waals surface area contributed by atoms with E-state index in [-0.39, 0.29) is 5.91 Å². The van der Waals surface area contributed by atoms with Gasteiger partial charge in [-0.2, -0.15) is 0 Å². The van der Waals surface area contributed by atoms with Gasteiger partial charge in [-0.05, 0) is 62.1 Å². The summed E-state index contributed by atoms with van der Waals surface area (Å²) >= 11 is 6.46. The number of hydrogen-bond acceptors (Lipinski definition) is 2. The minimum Gasteiger partial charge on any atom is -0.366 e. The van der Waals surface area contributed by atoms with Crippen LogP contribution in [0, 0.1) is 20.8 Å². The lowest BCUT2D eigenvalue weighted by atomic mass is 10.1. The number of anilines is 1. The molecule has 0 atom stereocenters. The van der Waals surface area contributed by atoms with Crippen LogP contribution < -0.4 is 4.90 Å². The summed E-state index contributed by atoms with van der Waals surface area (Å²) < 4.78 is 0. The first-order valence-electron chi connectivity index (χ1n) is 9.11. The molecular weight excluding hydrogens is 358 g/mol. The number of carbonyl (C=O) groups is 1. The number of aryl methyl sites for hydroxylation is 3. The van der Waals surface area contributed by atoms with E-state index in [0.29, 0.717) is 17.3 Å². The third-order valence-corrected chi connectivity index (χ3v) is 5.04. The molecule has 0 heterocycles. The average Bonchev–Trinajstić information content (AvgIpc) is 2.62. The summed E-state index contributed by atoms with van der Waals surface area (Å²) in [5, 5.41) is 0.530. The molecule has 0 bridgehead atoms. The summed E-state index contributed by atoms with van der Waals surface area (Å²) in [6.45, 7) is 11.2. The molecule has 5 heteroatoms. The van der Waals surface area contributed by atoms with Crippen LogP contribution >= 0.6 is 11.6 Å². The maximum atomic E-state index is 12.3. The van der Waals surface area contributed by atoms with E-state index in [1.807, 2.05) is 31.0 Å². The van der Waals surface area contributed by atoms with E-state index in [1.54, 1.807) is 18.2 Å². The van der Waals surface area contributed by atoms with E-state index in [9.17, 15) is 4.79 Å². The van der Waals surface area contributed by atoms with Crippen molar-refractivity contribution in [2.75, 3.05) is 18.5 Å². The molecule has 0 aliphatic rings. The Balaban J connectivity index is 2.36. The van der Waals surface area contributed by atoms with Gasteiger partial charge in [0.1, 0.15) is 0 Å². The van der Waals surface area contributed by atoms with Crippen LogP contribution in [-0.2, 0) is 11.3 Å². The van der Waals surface area contributed by atoms with Crippen LogP contribution in [0.15, 0.2) is 35.3 Å². The fourth-order valence-electron chi connectivity index (χ4n) is 2.74. The van der Waals surface area contributed by atoms with Gasteiger partial charge in [0.15, 0.2) is 0 Å². The van der Waals surface area contributed by atoms with E-state index < -0.39 is 0 Å². The summed E-state index contributed by atoms with van der Waals surface area (Å²) in [5.41, 5.74) is 6.03. The molecule has 2 rings (SSSR count). The van der Waals surface area contributed by atoms with Crippen molar-refractivity contribution in [2.45, 2.75) is 41.2 Å². The Morgan fingerprint density at radius 2 is 1.81 bits per heavy atom. The van der Waals surface area contributed by atoms with Crippen LogP contribution in [0.5, 0.6) is 0 Å². The molecule has 0 N–H and O–H groups in total. The zero-order valence-electron chi connectivity index (χ0n) is 17.0. The summed E-state index contributed by atoms with van der Waals surface area (Å²) in [7, 11) is 1.96. The summed E-state index contributed by atoms with van der Waals surface area (Å²) in [5.74, 6) is -0.0191. The minimum atomic E-state index is -0.0191. The molecule has 0 aliphatic carbocycles. The van der Waals surface area contributed by atoms with Crippen LogP contribution in [-0.4, -0.2) is 30.7 Å². The first-order chi connectivity index (χ1) is 12.7. The fraction of sp³-hybridized carbons (Fsp3) is 0.364. The lowest BCUT2D eigenvalue weighted by Gasteiger charge is -2.24. The van der Waals surface area contributed by atoms with Crippen molar-refractivity contribution in [3.63, 3.8) is 0 Å². The highest BCUT2D eigenvalue weighted by Gasteiger charge is 2.17. The van der Waals surface area contributed by atoms with Crippen molar-refractivity contribution in [1.82, 2.24) is 4.90 Å². The van der Waals surface area contributed by atoms with Crippen LogP contribution in [0.25, 0.3) is 0 Å². The number of halogens is 1. The zero-order chi connectivity index (χ0) is 20.1. The molecule has 2 aromatic rings. The average molecular weight is 386 g/mol. The molecule has 1 amide bonds. The SMILES string of the molecule is CCN(C)C=Nc1cc(C)c(N(Cc2ccc(C)c(C)c2)C(C)=O)cc1Cl. The third kappa shape index (κ3) is 5.33. The Kier molecular flexibility index (Phi) is 7.03. The van der Waals surface area contributed by atoms with Gasteiger partial charge in [0.2, 0.25) is 5.91 Å². The lowest BCUT2D eigenvalue weighted by Crippen LogP contribution is -2.28. The number of carbonyl (C=O) groups excluding carboxylic acids is 1. The van der Waals surface area contributed by atoms with Crippen LogP contribution in [0.4, 0.5) is 11.4 Å². The Morgan fingerprint density at radius 1 is 1.11 bits per heavy atom. The van der Waals surface area contributed by atoms with E-state index in [2.05, 4.69) is 44.0 Å². The monoisotopic (exact) mass is 385 g/mol. The van der Waals surface area contributed by atoms with Gasteiger partial charge in [-0.15, -0.1) is 0 Å². The second kappa shape index (κ2) is 9.05. The van der Waals surface area contributed by atoms with Crippen molar-refractivity contribution in [1.29, 1.82) is 0 Å². The van der Waals surface area contributed by atoms with Crippen LogP contribution in [0.3, 0.4) is 0 Å². The van der Waals surface area contributed by atoms with Gasteiger partial charge in [-0.3, -0.25) is 4.79 Å². The Hall–Kier alpha value is -2.33. The summed E-state index contributed by atoms with van der Waals surface area (Å²) in [6.07, 6.45) is 1.76. The van der Waals surface area contributed by atoms with Gasteiger partial charge in [-0.25, -0.2) is 4.99 Å². The number of benzene rings is 2. The van der Waals surface area contributed by atoms with Gasteiger partial charge in [0.25, 0.3) is 0 Å². The molecule has 0 fully saturated rings. The fourth-order valence-corrected chi connectivity index (χ4v) is 2.95. The third-order valence-electron chi connectivity index (χ3n) is 4.74.